The minimum atomic E-state index is -0.967. The molecule has 1 atom stereocenters. The smallest absolute Gasteiger partial charge is 0.411 e. The van der Waals surface area contributed by atoms with E-state index in [1.54, 1.807) is 0 Å². The van der Waals surface area contributed by atoms with E-state index >= 15 is 0 Å². The summed E-state index contributed by atoms with van der Waals surface area (Å²) in [7, 11) is 5.53. The van der Waals surface area contributed by atoms with E-state index in [0.717, 1.165) is 6.42 Å². The molecule has 1 saturated heterocycles. The second kappa shape index (κ2) is 12.1. The van der Waals surface area contributed by atoms with Gasteiger partial charge in [0.2, 0.25) is 0 Å². The van der Waals surface area contributed by atoms with Crippen molar-refractivity contribution < 1.29 is 43.3 Å². The Balaban J connectivity index is 1.87. The number of benzene rings is 2. The van der Waals surface area contributed by atoms with Gasteiger partial charge in [-0.1, -0.05) is 0 Å². The van der Waals surface area contributed by atoms with Crippen molar-refractivity contribution in [2.45, 2.75) is 25.5 Å². The first kappa shape index (κ1) is 27.3. The van der Waals surface area contributed by atoms with E-state index in [2.05, 4.69) is 5.32 Å². The van der Waals surface area contributed by atoms with Gasteiger partial charge in [0.05, 0.1) is 68.9 Å². The Labute approximate surface area is 213 Å². The monoisotopic (exact) mass is 519 g/mol. The average Bonchev–Trinajstić information content (AvgIpc) is 3.39. The van der Waals surface area contributed by atoms with Crippen LogP contribution in [0.1, 0.15) is 28.8 Å². The van der Waals surface area contributed by atoms with Crippen molar-refractivity contribution in [2.24, 2.45) is 0 Å². The van der Waals surface area contributed by atoms with Crippen LogP contribution in [0.4, 0.5) is 16.2 Å². The molecule has 2 amide bonds. The van der Waals surface area contributed by atoms with Gasteiger partial charge in [-0.25, -0.2) is 4.79 Å². The molecule has 1 fully saturated rings. The van der Waals surface area contributed by atoms with Gasteiger partial charge in [0.25, 0.3) is 11.6 Å². The second-order valence-electron chi connectivity index (χ2n) is 8.02. The Morgan fingerprint density at radius 3 is 2.22 bits per heavy atom. The van der Waals surface area contributed by atoms with E-state index in [-0.39, 0.29) is 58.1 Å². The van der Waals surface area contributed by atoms with Crippen LogP contribution >= 0.6 is 0 Å². The van der Waals surface area contributed by atoms with E-state index in [4.69, 9.17) is 23.7 Å². The molecule has 2 N–H and O–H groups in total. The summed E-state index contributed by atoms with van der Waals surface area (Å²) in [4.78, 5) is 38.5. The van der Waals surface area contributed by atoms with Crippen molar-refractivity contribution in [3.8, 4) is 23.0 Å². The number of nitro benzene ring substituents is 1. The topological polar surface area (TPSA) is 159 Å². The highest BCUT2D eigenvalue weighted by Gasteiger charge is 2.31. The lowest BCUT2D eigenvalue weighted by Gasteiger charge is -2.25. The number of rotatable bonds is 10. The van der Waals surface area contributed by atoms with Gasteiger partial charge in [0.15, 0.2) is 23.0 Å². The number of anilines is 1. The lowest BCUT2D eigenvalue weighted by atomic mass is 10.1. The molecule has 1 unspecified atom stereocenters. The number of aliphatic hydroxyl groups is 1. The number of nitrogens with zero attached hydrogens (tertiary/aromatic N) is 2. The molecule has 1 aliphatic heterocycles. The van der Waals surface area contributed by atoms with Gasteiger partial charge < -0.3 is 33.7 Å². The summed E-state index contributed by atoms with van der Waals surface area (Å²) in [6.45, 7) is -0.197. The minimum Gasteiger partial charge on any atom is -0.493 e. The molecule has 0 spiro atoms. The van der Waals surface area contributed by atoms with Gasteiger partial charge in [-0.2, -0.15) is 0 Å². The highest BCUT2D eigenvalue weighted by atomic mass is 16.6. The number of hydrogen-bond acceptors (Lipinski definition) is 10. The van der Waals surface area contributed by atoms with Crippen LogP contribution in [0.25, 0.3) is 0 Å². The maximum Gasteiger partial charge on any atom is 0.411 e. The number of methoxy groups -OCH3 is 4. The number of likely N-dealkylation sites (tertiary alicyclic amines) is 1. The van der Waals surface area contributed by atoms with Crippen LogP contribution in [0.5, 0.6) is 23.0 Å². The predicted octanol–water partition coefficient (Wildman–Crippen LogP) is 2.97. The Kier molecular flexibility index (Phi) is 8.95. The van der Waals surface area contributed by atoms with E-state index < -0.39 is 23.5 Å². The molecule has 37 heavy (non-hydrogen) atoms. The average molecular weight is 520 g/mol. The third-order valence-corrected chi connectivity index (χ3v) is 5.98. The van der Waals surface area contributed by atoms with Gasteiger partial charge >= 0.3 is 6.09 Å². The fourth-order valence-corrected chi connectivity index (χ4v) is 4.09. The van der Waals surface area contributed by atoms with Gasteiger partial charge in [-0.15, -0.1) is 0 Å². The highest BCUT2D eigenvalue weighted by Crippen LogP contribution is 2.36. The normalized spacial score (nSPS) is 14.6. The van der Waals surface area contributed by atoms with Crippen LogP contribution in [0.3, 0.4) is 0 Å². The summed E-state index contributed by atoms with van der Waals surface area (Å²) in [6, 6.07) is 5.02. The van der Waals surface area contributed by atoms with Crippen LogP contribution in [-0.4, -0.2) is 74.6 Å². The van der Waals surface area contributed by atoms with Crippen molar-refractivity contribution in [1.82, 2.24) is 4.90 Å². The standard InChI is InChI=1S/C24H29N3O10/c1-33-19-8-14(18(27(31)32)11-22(19)36-4)13-37-24(30)25-17-10-21(35-3)20(34-2)9-16(17)23(29)26-7-5-6-15(26)12-28/h8-11,15,28H,5-7,12-13H2,1-4H3,(H,25,30). The molecule has 13 nitrogen and oxygen atoms in total. The molecule has 2 aromatic carbocycles. The molecule has 0 aromatic heterocycles. The number of aliphatic hydroxyl groups excluding tert-OH is 1. The van der Waals surface area contributed by atoms with Crippen molar-refractivity contribution in [3.05, 3.63) is 45.5 Å². The molecular formula is C24H29N3O10. The lowest BCUT2D eigenvalue weighted by molar-refractivity contribution is -0.385. The fraction of sp³-hybridized carbons (Fsp3) is 0.417. The van der Waals surface area contributed by atoms with Crippen molar-refractivity contribution in [2.75, 3.05) is 46.9 Å². The number of carbonyl (C=O) groups excluding carboxylic acids is 2. The van der Waals surface area contributed by atoms with Gasteiger partial charge in [-0.05, 0) is 25.0 Å². The molecular weight excluding hydrogens is 490 g/mol. The third kappa shape index (κ3) is 5.94. The zero-order valence-corrected chi connectivity index (χ0v) is 20.9. The van der Waals surface area contributed by atoms with Crippen molar-refractivity contribution >= 4 is 23.4 Å². The second-order valence-corrected chi connectivity index (χ2v) is 8.02. The van der Waals surface area contributed by atoms with Crippen LogP contribution in [0, 0.1) is 10.1 Å². The maximum absolute atomic E-state index is 13.3. The third-order valence-electron chi connectivity index (χ3n) is 5.98. The van der Waals surface area contributed by atoms with Gasteiger partial charge in [0, 0.05) is 12.6 Å². The van der Waals surface area contributed by atoms with E-state index in [9.17, 15) is 24.8 Å². The number of hydrogen-bond donors (Lipinski definition) is 2. The molecule has 2 aromatic rings. The lowest BCUT2D eigenvalue weighted by Crippen LogP contribution is -2.38. The summed E-state index contributed by atoms with van der Waals surface area (Å²) in [5.41, 5.74) is -0.0640. The molecule has 1 heterocycles. The molecule has 13 heteroatoms. The van der Waals surface area contributed by atoms with Gasteiger partial charge in [-0.3, -0.25) is 20.2 Å². The fourth-order valence-electron chi connectivity index (χ4n) is 4.09. The largest absolute Gasteiger partial charge is 0.493 e. The molecule has 0 aliphatic carbocycles. The number of carbonyl (C=O) groups is 2. The first-order valence-corrected chi connectivity index (χ1v) is 11.3. The number of amides is 2. The van der Waals surface area contributed by atoms with Crippen molar-refractivity contribution in [1.29, 1.82) is 0 Å². The molecule has 0 saturated carbocycles. The highest BCUT2D eigenvalue weighted by molar-refractivity contribution is 6.03. The first-order chi connectivity index (χ1) is 17.8. The summed E-state index contributed by atoms with van der Waals surface area (Å²) in [6.07, 6.45) is 0.425. The molecule has 0 bridgehead atoms. The quantitative estimate of drug-likeness (QED) is 0.353. The van der Waals surface area contributed by atoms with E-state index in [0.29, 0.717) is 13.0 Å². The maximum atomic E-state index is 13.3. The zero-order valence-electron chi connectivity index (χ0n) is 20.9. The minimum absolute atomic E-state index is 0.0734. The van der Waals surface area contributed by atoms with Crippen LogP contribution in [0.15, 0.2) is 24.3 Å². The predicted molar refractivity (Wildman–Crippen MR) is 131 cm³/mol. The summed E-state index contributed by atoms with van der Waals surface area (Å²) < 4.78 is 26.1. The van der Waals surface area contributed by atoms with Crippen LogP contribution in [-0.2, 0) is 11.3 Å². The van der Waals surface area contributed by atoms with E-state index in [1.807, 2.05) is 0 Å². The summed E-state index contributed by atoms with van der Waals surface area (Å²) in [5.74, 6) is 0.488. The number of ether oxygens (including phenoxy) is 5. The Morgan fingerprint density at radius 1 is 1.03 bits per heavy atom. The molecule has 3 rings (SSSR count). The first-order valence-electron chi connectivity index (χ1n) is 11.3. The number of nitro groups is 1. The molecule has 0 radical (unpaired) electrons. The Morgan fingerprint density at radius 2 is 1.62 bits per heavy atom. The van der Waals surface area contributed by atoms with Crippen LogP contribution < -0.4 is 24.3 Å². The molecule has 200 valence electrons. The summed E-state index contributed by atoms with van der Waals surface area (Å²) >= 11 is 0. The van der Waals surface area contributed by atoms with Crippen molar-refractivity contribution in [3.63, 3.8) is 0 Å². The zero-order chi connectivity index (χ0) is 27.1. The van der Waals surface area contributed by atoms with Crippen LogP contribution in [0.2, 0.25) is 0 Å². The van der Waals surface area contributed by atoms with Gasteiger partial charge in [0.1, 0.15) is 6.61 Å². The van der Waals surface area contributed by atoms with E-state index in [1.165, 1.54) is 57.6 Å². The molecule has 1 aliphatic rings. The Hall–Kier alpha value is -4.26. The Bertz CT molecular complexity index is 1170. The number of nitrogens with one attached hydrogen (secondary N) is 1. The SMILES string of the molecule is COc1cc(COC(=O)Nc2cc(OC)c(OC)cc2C(=O)N2CCCC2CO)c([N+](=O)[O-])cc1OC. The summed E-state index contributed by atoms with van der Waals surface area (Å²) in [5, 5.41) is 23.7.